The molecule has 2 N–H and O–H groups in total. The molecule has 2 heterocycles. The van der Waals surface area contributed by atoms with Gasteiger partial charge in [-0.25, -0.2) is 5.43 Å². The number of hydrogen-bond donors (Lipinski definition) is 2. The fraction of sp³-hybridized carbons (Fsp3) is 0.0968. The van der Waals surface area contributed by atoms with Crippen molar-refractivity contribution in [3.8, 4) is 11.5 Å². The highest BCUT2D eigenvalue weighted by Crippen LogP contribution is 2.28. The summed E-state index contributed by atoms with van der Waals surface area (Å²) in [5.41, 5.74) is 5.47. The van der Waals surface area contributed by atoms with Crippen LogP contribution in [0.1, 0.15) is 27.0 Å². The van der Waals surface area contributed by atoms with Gasteiger partial charge in [-0.3, -0.25) is 14.6 Å². The number of nitrogens with zero attached hydrogens (tertiary/aromatic N) is 3. The van der Waals surface area contributed by atoms with Crippen LogP contribution >= 0.6 is 22.9 Å². The number of hydrazone groups is 1. The Labute approximate surface area is 245 Å². The molecule has 0 aliphatic carbocycles. The smallest absolute Gasteiger partial charge is 0.271 e. The van der Waals surface area contributed by atoms with Crippen LogP contribution in [0.5, 0.6) is 11.5 Å². The molecule has 0 fully saturated rings. The average Bonchev–Trinajstić information content (AvgIpc) is 3.51. The first-order valence-electron chi connectivity index (χ1n) is 12.6. The van der Waals surface area contributed by atoms with Crippen LogP contribution in [0.15, 0.2) is 101 Å². The highest BCUT2D eigenvalue weighted by molar-refractivity contribution is 7.07. The number of aromatic hydroxyl groups is 1. The van der Waals surface area contributed by atoms with E-state index in [0.717, 1.165) is 27.5 Å². The number of hydrogen-bond acceptors (Lipinski definition) is 7. The van der Waals surface area contributed by atoms with Crippen LogP contribution in [0.2, 0.25) is 5.02 Å². The number of thiophene rings is 1. The van der Waals surface area contributed by atoms with Crippen molar-refractivity contribution in [3.05, 3.63) is 123 Å². The summed E-state index contributed by atoms with van der Waals surface area (Å²) in [7, 11) is 0. The molecular weight excluding hydrogens is 560 g/mol. The van der Waals surface area contributed by atoms with Gasteiger partial charge in [-0.2, -0.15) is 16.4 Å². The van der Waals surface area contributed by atoms with Crippen molar-refractivity contribution in [1.82, 2.24) is 15.3 Å². The van der Waals surface area contributed by atoms with E-state index in [1.165, 1.54) is 24.4 Å². The fourth-order valence-corrected chi connectivity index (χ4v) is 5.02. The van der Waals surface area contributed by atoms with Crippen LogP contribution in [-0.4, -0.2) is 39.6 Å². The molecule has 0 atom stereocenters. The lowest BCUT2D eigenvalue weighted by molar-refractivity contribution is -0.134. The first kappa shape index (κ1) is 27.8. The van der Waals surface area contributed by atoms with Crippen LogP contribution in [0.4, 0.5) is 0 Å². The summed E-state index contributed by atoms with van der Waals surface area (Å²) in [4.78, 5) is 31.6. The average molecular weight is 585 g/mol. The number of benzene rings is 3. The molecule has 41 heavy (non-hydrogen) atoms. The Kier molecular flexibility index (Phi) is 8.88. The number of carbonyl (C=O) groups is 2. The Morgan fingerprint density at radius 1 is 1.02 bits per heavy atom. The Hall–Kier alpha value is -4.73. The maximum Gasteiger partial charge on any atom is 0.271 e. The van der Waals surface area contributed by atoms with E-state index in [9.17, 15) is 14.7 Å². The van der Waals surface area contributed by atoms with Crippen molar-refractivity contribution in [2.24, 2.45) is 5.10 Å². The van der Waals surface area contributed by atoms with Crippen molar-refractivity contribution >= 4 is 51.7 Å². The topological polar surface area (TPSA) is 104 Å². The number of ether oxygens (including phenoxy) is 1. The quantitative estimate of drug-likeness (QED) is 0.154. The highest BCUT2D eigenvalue weighted by Gasteiger charge is 2.17. The van der Waals surface area contributed by atoms with Crippen molar-refractivity contribution in [2.75, 3.05) is 6.61 Å². The zero-order valence-corrected chi connectivity index (χ0v) is 23.3. The van der Waals surface area contributed by atoms with Gasteiger partial charge in [0.05, 0.1) is 11.2 Å². The second-order valence-corrected chi connectivity index (χ2v) is 10.3. The Morgan fingerprint density at radius 3 is 2.61 bits per heavy atom. The number of rotatable bonds is 10. The lowest BCUT2D eigenvalue weighted by atomic mass is 10.0. The van der Waals surface area contributed by atoms with Crippen molar-refractivity contribution in [3.63, 3.8) is 0 Å². The lowest BCUT2D eigenvalue weighted by Gasteiger charge is -2.23. The molecule has 2 aromatic heterocycles. The summed E-state index contributed by atoms with van der Waals surface area (Å²) in [6.45, 7) is 0.760. The predicted molar refractivity (Wildman–Crippen MR) is 160 cm³/mol. The van der Waals surface area contributed by atoms with Gasteiger partial charge in [-0.15, -0.1) is 0 Å². The van der Waals surface area contributed by atoms with E-state index in [2.05, 4.69) is 15.5 Å². The van der Waals surface area contributed by atoms with Crippen molar-refractivity contribution in [2.45, 2.75) is 13.1 Å². The van der Waals surface area contributed by atoms with Gasteiger partial charge in [0.25, 0.3) is 11.8 Å². The number of amides is 2. The van der Waals surface area contributed by atoms with E-state index in [4.69, 9.17) is 16.3 Å². The molecule has 5 aromatic rings. The zero-order valence-electron chi connectivity index (χ0n) is 21.7. The normalized spacial score (nSPS) is 11.0. The number of nitrogens with one attached hydrogen (secondary N) is 1. The Bertz CT molecular complexity index is 1690. The van der Waals surface area contributed by atoms with E-state index >= 15 is 0 Å². The molecule has 0 aliphatic heterocycles. The van der Waals surface area contributed by atoms with Gasteiger partial charge in [-0.1, -0.05) is 41.9 Å². The first-order chi connectivity index (χ1) is 20.0. The molecule has 0 unspecified atom stereocenters. The standard InChI is InChI=1S/C31H25ClN4O4S/c32-27-14-23(7-9-28(27)37)31(39)35-34-16-24-8-10-29(26-6-2-1-5-25(24)26)40-19-30(38)36(18-22-11-13-41-20-22)17-21-4-3-12-33-15-21/h1-16,20,37H,17-19H2,(H,35,39)/b34-16+. The summed E-state index contributed by atoms with van der Waals surface area (Å²) < 4.78 is 6.04. The van der Waals surface area contributed by atoms with E-state index in [1.807, 2.05) is 59.3 Å². The van der Waals surface area contributed by atoms with Gasteiger partial charge in [0.1, 0.15) is 11.5 Å². The Morgan fingerprint density at radius 2 is 1.85 bits per heavy atom. The van der Waals surface area contributed by atoms with Crippen LogP contribution < -0.4 is 10.2 Å². The van der Waals surface area contributed by atoms with E-state index in [1.54, 1.807) is 34.7 Å². The van der Waals surface area contributed by atoms with E-state index < -0.39 is 5.91 Å². The molecule has 0 saturated heterocycles. The third kappa shape index (κ3) is 7.08. The third-order valence-electron chi connectivity index (χ3n) is 6.25. The third-order valence-corrected chi connectivity index (χ3v) is 7.29. The van der Waals surface area contributed by atoms with Gasteiger partial charge >= 0.3 is 0 Å². The van der Waals surface area contributed by atoms with Gasteiger partial charge < -0.3 is 14.7 Å². The maximum absolute atomic E-state index is 13.3. The molecular formula is C31H25ClN4O4S. The maximum atomic E-state index is 13.3. The SMILES string of the molecule is O=C(N/N=C/c1ccc(OCC(=O)N(Cc2cccnc2)Cc2ccsc2)c2ccccc12)c1ccc(O)c(Cl)c1. The summed E-state index contributed by atoms with van der Waals surface area (Å²) >= 11 is 7.48. The molecule has 206 valence electrons. The molecule has 3 aromatic carbocycles. The number of aromatic nitrogens is 1. The van der Waals surface area contributed by atoms with Crippen LogP contribution in [0.25, 0.3) is 10.8 Å². The van der Waals surface area contributed by atoms with Crippen LogP contribution in [0, 0.1) is 0 Å². The largest absolute Gasteiger partial charge is 0.506 e. The number of halogens is 1. The molecule has 0 radical (unpaired) electrons. The van der Waals surface area contributed by atoms with E-state index in [-0.39, 0.29) is 28.8 Å². The minimum Gasteiger partial charge on any atom is -0.506 e. The second kappa shape index (κ2) is 13.1. The number of phenolic OH excluding ortho intramolecular Hbond substituents is 1. The molecule has 5 rings (SSSR count). The lowest BCUT2D eigenvalue weighted by Crippen LogP contribution is -2.34. The van der Waals surface area contributed by atoms with Crippen LogP contribution in [-0.2, 0) is 17.9 Å². The zero-order chi connectivity index (χ0) is 28.6. The van der Waals surface area contributed by atoms with Gasteiger partial charge in [0, 0.05) is 42.0 Å². The number of carbonyl (C=O) groups excluding carboxylic acids is 2. The van der Waals surface area contributed by atoms with Gasteiger partial charge in [0.2, 0.25) is 0 Å². The molecule has 2 amide bonds. The number of fused-ring (bicyclic) bond motifs is 1. The summed E-state index contributed by atoms with van der Waals surface area (Å²) in [5, 5.41) is 19.4. The molecule has 10 heteroatoms. The minimum absolute atomic E-state index is 0.0772. The highest BCUT2D eigenvalue weighted by atomic mass is 35.5. The molecule has 0 saturated carbocycles. The van der Waals surface area contributed by atoms with Crippen molar-refractivity contribution in [1.29, 1.82) is 0 Å². The van der Waals surface area contributed by atoms with Crippen LogP contribution in [0.3, 0.4) is 0 Å². The second-order valence-electron chi connectivity index (χ2n) is 9.10. The minimum atomic E-state index is -0.468. The Balaban J connectivity index is 1.29. The summed E-state index contributed by atoms with van der Waals surface area (Å²) in [6, 6.07) is 21.2. The molecule has 0 aliphatic rings. The fourth-order valence-electron chi connectivity index (χ4n) is 4.18. The number of phenols is 1. The summed E-state index contributed by atoms with van der Waals surface area (Å²) in [6.07, 6.45) is 5.00. The molecule has 0 spiro atoms. The first-order valence-corrected chi connectivity index (χ1v) is 13.9. The molecule has 8 nitrogen and oxygen atoms in total. The summed E-state index contributed by atoms with van der Waals surface area (Å²) in [5.74, 6) is -0.160. The van der Waals surface area contributed by atoms with Gasteiger partial charge in [-0.05, 0) is 69.7 Å². The number of pyridine rings is 1. The van der Waals surface area contributed by atoms with Gasteiger partial charge in [0.15, 0.2) is 6.61 Å². The predicted octanol–water partition coefficient (Wildman–Crippen LogP) is 6.03. The molecule has 0 bridgehead atoms. The van der Waals surface area contributed by atoms with Crippen molar-refractivity contribution < 1.29 is 19.4 Å². The van der Waals surface area contributed by atoms with E-state index in [0.29, 0.717) is 18.8 Å². The monoisotopic (exact) mass is 584 g/mol.